The van der Waals surface area contributed by atoms with Crippen LogP contribution in [0.5, 0.6) is 0 Å². The highest BCUT2D eigenvalue weighted by atomic mass is 35.5. The molecule has 0 aliphatic rings. The van der Waals surface area contributed by atoms with E-state index in [9.17, 15) is 0 Å². The van der Waals surface area contributed by atoms with Gasteiger partial charge in [-0.25, -0.2) is 4.98 Å². The SMILES string of the molecule is CC(Cc1ccccc1)n1c(N)nc2cccc(Cl)c21. The van der Waals surface area contributed by atoms with E-state index in [-0.39, 0.29) is 6.04 Å². The van der Waals surface area contributed by atoms with Gasteiger partial charge in [0.15, 0.2) is 0 Å². The first-order valence-corrected chi connectivity index (χ1v) is 7.00. The van der Waals surface area contributed by atoms with E-state index in [1.807, 2.05) is 41.0 Å². The maximum atomic E-state index is 6.31. The van der Waals surface area contributed by atoms with Gasteiger partial charge in [-0.05, 0) is 31.0 Å². The number of nitrogen functional groups attached to an aromatic ring is 1. The summed E-state index contributed by atoms with van der Waals surface area (Å²) < 4.78 is 2.02. The van der Waals surface area contributed by atoms with Crippen LogP contribution >= 0.6 is 11.6 Å². The first kappa shape index (κ1) is 13.0. The number of anilines is 1. The maximum absolute atomic E-state index is 6.31. The Morgan fingerprint density at radius 3 is 2.65 bits per heavy atom. The molecule has 0 saturated heterocycles. The summed E-state index contributed by atoms with van der Waals surface area (Å²) in [6, 6.07) is 16.2. The molecule has 4 heteroatoms. The van der Waals surface area contributed by atoms with Gasteiger partial charge in [0.1, 0.15) is 0 Å². The van der Waals surface area contributed by atoms with Crippen LogP contribution in [0.25, 0.3) is 11.0 Å². The van der Waals surface area contributed by atoms with E-state index in [0.717, 1.165) is 17.5 Å². The average Bonchev–Trinajstić information content (AvgIpc) is 2.77. The molecule has 0 bridgehead atoms. The zero-order valence-electron chi connectivity index (χ0n) is 11.3. The first-order valence-electron chi connectivity index (χ1n) is 6.62. The molecule has 2 aromatic carbocycles. The number of nitrogens with zero attached hydrogens (tertiary/aromatic N) is 2. The second-order valence-corrected chi connectivity index (χ2v) is 5.39. The molecule has 0 aliphatic heterocycles. The predicted molar refractivity (Wildman–Crippen MR) is 84.0 cm³/mol. The summed E-state index contributed by atoms with van der Waals surface area (Å²) in [4.78, 5) is 4.39. The van der Waals surface area contributed by atoms with E-state index in [4.69, 9.17) is 17.3 Å². The Kier molecular flexibility index (Phi) is 3.36. The van der Waals surface area contributed by atoms with Gasteiger partial charge in [-0.15, -0.1) is 0 Å². The standard InChI is InChI=1S/C16H16ClN3/c1-11(10-12-6-3-2-4-7-12)20-15-13(17)8-5-9-14(15)19-16(20)18/h2-9,11H,10H2,1H3,(H2,18,19). The quantitative estimate of drug-likeness (QED) is 0.788. The molecule has 3 nitrogen and oxygen atoms in total. The Morgan fingerprint density at radius 1 is 1.15 bits per heavy atom. The summed E-state index contributed by atoms with van der Waals surface area (Å²) >= 11 is 6.31. The van der Waals surface area contributed by atoms with Gasteiger partial charge in [0.25, 0.3) is 0 Å². The fourth-order valence-corrected chi connectivity index (χ4v) is 2.88. The van der Waals surface area contributed by atoms with Gasteiger partial charge in [-0.3, -0.25) is 0 Å². The summed E-state index contributed by atoms with van der Waals surface area (Å²) in [5.41, 5.74) is 9.10. The number of hydrogen-bond acceptors (Lipinski definition) is 2. The van der Waals surface area contributed by atoms with Gasteiger partial charge in [0.2, 0.25) is 5.95 Å². The number of fused-ring (bicyclic) bond motifs is 1. The number of para-hydroxylation sites is 1. The van der Waals surface area contributed by atoms with Crippen molar-refractivity contribution in [2.24, 2.45) is 0 Å². The Hall–Kier alpha value is -2.00. The predicted octanol–water partition coefficient (Wildman–Crippen LogP) is 4.08. The van der Waals surface area contributed by atoms with Crippen LogP contribution in [-0.4, -0.2) is 9.55 Å². The molecule has 0 radical (unpaired) electrons. The Balaban J connectivity index is 2.03. The molecule has 0 aliphatic carbocycles. The van der Waals surface area contributed by atoms with Gasteiger partial charge in [-0.1, -0.05) is 48.0 Å². The fraction of sp³-hybridized carbons (Fsp3) is 0.188. The minimum atomic E-state index is 0.197. The summed E-state index contributed by atoms with van der Waals surface area (Å²) in [6.07, 6.45) is 0.891. The van der Waals surface area contributed by atoms with E-state index in [2.05, 4.69) is 24.0 Å². The molecule has 0 spiro atoms. The lowest BCUT2D eigenvalue weighted by Gasteiger charge is -2.16. The highest BCUT2D eigenvalue weighted by molar-refractivity contribution is 6.35. The van der Waals surface area contributed by atoms with Crippen LogP contribution in [0.3, 0.4) is 0 Å². The molecule has 1 unspecified atom stereocenters. The van der Waals surface area contributed by atoms with E-state index in [0.29, 0.717) is 11.0 Å². The van der Waals surface area contributed by atoms with E-state index in [1.54, 1.807) is 0 Å². The average molecular weight is 286 g/mol. The molecule has 1 aromatic heterocycles. The van der Waals surface area contributed by atoms with Crippen LogP contribution in [0.4, 0.5) is 5.95 Å². The summed E-state index contributed by atoms with van der Waals surface area (Å²) in [7, 11) is 0. The van der Waals surface area contributed by atoms with Crippen LogP contribution in [0.1, 0.15) is 18.5 Å². The van der Waals surface area contributed by atoms with Crippen LogP contribution in [0.2, 0.25) is 5.02 Å². The summed E-state index contributed by atoms with van der Waals surface area (Å²) in [5.74, 6) is 0.511. The maximum Gasteiger partial charge on any atom is 0.201 e. The van der Waals surface area contributed by atoms with E-state index in [1.165, 1.54) is 5.56 Å². The second-order valence-electron chi connectivity index (χ2n) is 4.99. The van der Waals surface area contributed by atoms with Gasteiger partial charge in [0.05, 0.1) is 16.1 Å². The third kappa shape index (κ3) is 2.25. The Morgan fingerprint density at radius 2 is 1.90 bits per heavy atom. The molecule has 20 heavy (non-hydrogen) atoms. The molecule has 0 fully saturated rings. The van der Waals surface area contributed by atoms with Crippen LogP contribution < -0.4 is 5.73 Å². The number of rotatable bonds is 3. The molecule has 0 saturated carbocycles. The zero-order valence-corrected chi connectivity index (χ0v) is 12.0. The monoisotopic (exact) mass is 285 g/mol. The number of halogens is 1. The third-order valence-electron chi connectivity index (χ3n) is 3.50. The minimum Gasteiger partial charge on any atom is -0.369 e. The molecular formula is C16H16ClN3. The van der Waals surface area contributed by atoms with Crippen molar-refractivity contribution >= 4 is 28.6 Å². The van der Waals surface area contributed by atoms with E-state index < -0.39 is 0 Å². The summed E-state index contributed by atoms with van der Waals surface area (Å²) in [6.45, 7) is 2.13. The first-order chi connectivity index (χ1) is 9.66. The van der Waals surface area contributed by atoms with Crippen molar-refractivity contribution < 1.29 is 0 Å². The van der Waals surface area contributed by atoms with Crippen molar-refractivity contribution in [1.82, 2.24) is 9.55 Å². The van der Waals surface area contributed by atoms with E-state index >= 15 is 0 Å². The largest absolute Gasteiger partial charge is 0.369 e. The van der Waals surface area contributed by atoms with Crippen LogP contribution in [0, 0.1) is 0 Å². The lowest BCUT2D eigenvalue weighted by Crippen LogP contribution is -2.11. The molecule has 0 amide bonds. The highest BCUT2D eigenvalue weighted by Crippen LogP contribution is 2.30. The lowest BCUT2D eigenvalue weighted by molar-refractivity contribution is 0.567. The van der Waals surface area contributed by atoms with Gasteiger partial charge in [0, 0.05) is 6.04 Å². The van der Waals surface area contributed by atoms with Crippen LogP contribution in [0.15, 0.2) is 48.5 Å². The zero-order chi connectivity index (χ0) is 14.1. The molecule has 1 atom stereocenters. The van der Waals surface area contributed by atoms with Gasteiger partial charge < -0.3 is 10.3 Å². The van der Waals surface area contributed by atoms with Crippen molar-refractivity contribution in [1.29, 1.82) is 0 Å². The number of aromatic nitrogens is 2. The molecule has 3 aromatic rings. The smallest absolute Gasteiger partial charge is 0.201 e. The van der Waals surface area contributed by atoms with Crippen molar-refractivity contribution in [3.63, 3.8) is 0 Å². The molecule has 1 heterocycles. The molecular weight excluding hydrogens is 270 g/mol. The molecule has 3 rings (SSSR count). The number of benzene rings is 2. The second kappa shape index (κ2) is 5.17. The van der Waals surface area contributed by atoms with Gasteiger partial charge >= 0.3 is 0 Å². The number of nitrogens with two attached hydrogens (primary N) is 1. The lowest BCUT2D eigenvalue weighted by atomic mass is 10.1. The van der Waals surface area contributed by atoms with Crippen molar-refractivity contribution in [2.75, 3.05) is 5.73 Å². The molecule has 2 N–H and O–H groups in total. The van der Waals surface area contributed by atoms with Crippen molar-refractivity contribution in [3.05, 3.63) is 59.1 Å². The normalized spacial score (nSPS) is 12.7. The fourth-order valence-electron chi connectivity index (χ4n) is 2.62. The highest BCUT2D eigenvalue weighted by Gasteiger charge is 2.16. The molecule has 102 valence electrons. The Labute approximate surface area is 123 Å². The third-order valence-corrected chi connectivity index (χ3v) is 3.81. The topological polar surface area (TPSA) is 43.8 Å². The number of imidazole rings is 1. The van der Waals surface area contributed by atoms with Gasteiger partial charge in [-0.2, -0.15) is 0 Å². The van der Waals surface area contributed by atoms with Crippen LogP contribution in [-0.2, 0) is 6.42 Å². The van der Waals surface area contributed by atoms with Crippen molar-refractivity contribution in [3.8, 4) is 0 Å². The number of hydrogen-bond donors (Lipinski definition) is 1. The summed E-state index contributed by atoms with van der Waals surface area (Å²) in [5, 5.41) is 0.687. The minimum absolute atomic E-state index is 0.197. The van der Waals surface area contributed by atoms with Crippen molar-refractivity contribution in [2.45, 2.75) is 19.4 Å². The Bertz CT molecular complexity index is 734.